The average Bonchev–Trinajstić information content (AvgIpc) is 2.65. The molecule has 0 unspecified atom stereocenters. The van der Waals surface area contributed by atoms with Crippen LogP contribution in [-0.2, 0) is 4.74 Å². The predicted molar refractivity (Wildman–Crippen MR) is 85.4 cm³/mol. The molecule has 3 nitrogen and oxygen atoms in total. The zero-order chi connectivity index (χ0) is 15.1. The first-order valence-corrected chi connectivity index (χ1v) is 7.52. The highest BCUT2D eigenvalue weighted by molar-refractivity contribution is 9.10. The topological polar surface area (TPSA) is 31.2 Å². The number of nitrogens with zero attached hydrogens (tertiary/aromatic N) is 1. The van der Waals surface area contributed by atoms with Gasteiger partial charge in [0.1, 0.15) is 5.60 Å². The first-order valence-electron chi connectivity index (χ1n) is 6.73. The van der Waals surface area contributed by atoms with E-state index in [-0.39, 0.29) is 6.09 Å². The Balaban J connectivity index is 2.57. The van der Waals surface area contributed by atoms with E-state index in [1.54, 1.807) is 4.57 Å². The Kier molecular flexibility index (Phi) is 3.96. The zero-order valence-corrected chi connectivity index (χ0v) is 14.1. The lowest BCUT2D eigenvalue weighted by Crippen LogP contribution is -2.26. The number of carbonyl (C=O) groups excluding carboxylic acids is 1. The van der Waals surface area contributed by atoms with Gasteiger partial charge in [-0.05, 0) is 50.5 Å². The fraction of sp³-hybridized carbons (Fsp3) is 0.438. The Morgan fingerprint density at radius 3 is 2.50 bits per heavy atom. The van der Waals surface area contributed by atoms with E-state index in [0.717, 1.165) is 20.9 Å². The van der Waals surface area contributed by atoms with Crippen molar-refractivity contribution in [3.63, 3.8) is 0 Å². The average molecular weight is 338 g/mol. The van der Waals surface area contributed by atoms with E-state index in [2.05, 4.69) is 29.8 Å². The molecule has 1 aromatic carbocycles. The number of halogens is 1. The second kappa shape index (κ2) is 5.24. The molecule has 2 rings (SSSR count). The fourth-order valence-corrected chi connectivity index (χ4v) is 2.51. The SMILES string of the molecule is CC(C)c1cn(C(=O)OC(C)(C)C)c2ccc(Br)cc12. The van der Waals surface area contributed by atoms with Gasteiger partial charge in [-0.3, -0.25) is 4.57 Å². The van der Waals surface area contributed by atoms with Crippen molar-refractivity contribution in [2.45, 2.75) is 46.1 Å². The molecule has 0 spiro atoms. The number of fused-ring (bicyclic) bond motifs is 1. The number of rotatable bonds is 1. The molecule has 0 aliphatic carbocycles. The van der Waals surface area contributed by atoms with E-state index in [1.165, 1.54) is 0 Å². The third-order valence-corrected chi connectivity index (χ3v) is 3.50. The van der Waals surface area contributed by atoms with Crippen molar-refractivity contribution in [2.24, 2.45) is 0 Å². The van der Waals surface area contributed by atoms with Gasteiger partial charge in [-0.2, -0.15) is 0 Å². The predicted octanol–water partition coefficient (Wildman–Crippen LogP) is 5.31. The van der Waals surface area contributed by atoms with Crippen molar-refractivity contribution >= 4 is 32.9 Å². The molecule has 0 saturated heterocycles. The van der Waals surface area contributed by atoms with E-state index in [4.69, 9.17) is 4.74 Å². The van der Waals surface area contributed by atoms with Gasteiger partial charge >= 0.3 is 6.09 Å². The minimum Gasteiger partial charge on any atom is -0.443 e. The molecule has 1 aromatic heterocycles. The molecule has 0 radical (unpaired) electrons. The smallest absolute Gasteiger partial charge is 0.419 e. The summed E-state index contributed by atoms with van der Waals surface area (Å²) in [4.78, 5) is 12.3. The van der Waals surface area contributed by atoms with Crippen molar-refractivity contribution in [1.29, 1.82) is 0 Å². The van der Waals surface area contributed by atoms with Crippen molar-refractivity contribution in [3.05, 3.63) is 34.4 Å². The molecule has 0 saturated carbocycles. The molecular formula is C16H20BrNO2. The molecule has 0 amide bonds. The van der Waals surface area contributed by atoms with Crippen molar-refractivity contribution in [3.8, 4) is 0 Å². The third kappa shape index (κ3) is 3.06. The summed E-state index contributed by atoms with van der Waals surface area (Å²) < 4.78 is 8.08. The summed E-state index contributed by atoms with van der Waals surface area (Å²) in [6.07, 6.45) is 1.55. The molecule has 0 N–H and O–H groups in total. The lowest BCUT2D eigenvalue weighted by molar-refractivity contribution is 0.0544. The Morgan fingerprint density at radius 1 is 1.30 bits per heavy atom. The number of hydrogen-bond donors (Lipinski definition) is 0. The highest BCUT2D eigenvalue weighted by Crippen LogP contribution is 2.30. The molecule has 0 bridgehead atoms. The van der Waals surface area contributed by atoms with Crippen LogP contribution >= 0.6 is 15.9 Å². The zero-order valence-electron chi connectivity index (χ0n) is 12.5. The van der Waals surface area contributed by atoms with Crippen molar-refractivity contribution in [2.75, 3.05) is 0 Å². The fourth-order valence-electron chi connectivity index (χ4n) is 2.15. The number of aromatic nitrogens is 1. The van der Waals surface area contributed by atoms with Gasteiger partial charge in [0.05, 0.1) is 5.52 Å². The largest absolute Gasteiger partial charge is 0.443 e. The molecule has 4 heteroatoms. The van der Waals surface area contributed by atoms with E-state index < -0.39 is 5.60 Å². The van der Waals surface area contributed by atoms with Crippen LogP contribution in [0.5, 0.6) is 0 Å². The quantitative estimate of drug-likeness (QED) is 0.705. The van der Waals surface area contributed by atoms with Crippen LogP contribution in [0.4, 0.5) is 4.79 Å². The van der Waals surface area contributed by atoms with Gasteiger partial charge in [0.2, 0.25) is 0 Å². The van der Waals surface area contributed by atoms with Crippen LogP contribution in [0.25, 0.3) is 10.9 Å². The van der Waals surface area contributed by atoms with E-state index in [0.29, 0.717) is 5.92 Å². The highest BCUT2D eigenvalue weighted by Gasteiger charge is 2.21. The second-order valence-corrected chi connectivity index (χ2v) is 7.17. The molecule has 0 atom stereocenters. The summed E-state index contributed by atoms with van der Waals surface area (Å²) in [5, 5.41) is 1.08. The van der Waals surface area contributed by atoms with Crippen LogP contribution in [0.15, 0.2) is 28.9 Å². The maximum absolute atomic E-state index is 12.3. The standard InChI is InChI=1S/C16H20BrNO2/c1-10(2)13-9-18(15(19)20-16(3,4)5)14-7-6-11(17)8-12(13)14/h6-10H,1-5H3. The monoisotopic (exact) mass is 337 g/mol. The van der Waals surface area contributed by atoms with E-state index >= 15 is 0 Å². The normalized spacial score (nSPS) is 12.2. The van der Waals surface area contributed by atoms with Gasteiger partial charge < -0.3 is 4.74 Å². The van der Waals surface area contributed by atoms with Gasteiger partial charge in [-0.1, -0.05) is 29.8 Å². The van der Waals surface area contributed by atoms with Crippen LogP contribution in [0.1, 0.15) is 46.1 Å². The molecule has 0 fully saturated rings. The van der Waals surface area contributed by atoms with Crippen LogP contribution in [0.3, 0.4) is 0 Å². The van der Waals surface area contributed by atoms with Gasteiger partial charge in [-0.25, -0.2) is 4.79 Å². The maximum atomic E-state index is 12.3. The summed E-state index contributed by atoms with van der Waals surface area (Å²) in [6.45, 7) is 9.85. The number of ether oxygens (including phenoxy) is 1. The first-order chi connectivity index (χ1) is 9.19. The number of carbonyl (C=O) groups is 1. The maximum Gasteiger partial charge on any atom is 0.419 e. The van der Waals surface area contributed by atoms with Gasteiger partial charge in [0.25, 0.3) is 0 Å². The third-order valence-electron chi connectivity index (χ3n) is 3.01. The van der Waals surface area contributed by atoms with Crippen molar-refractivity contribution in [1.82, 2.24) is 4.57 Å². The lowest BCUT2D eigenvalue weighted by Gasteiger charge is -2.19. The molecular weight excluding hydrogens is 318 g/mol. The van der Waals surface area contributed by atoms with Gasteiger partial charge in [0.15, 0.2) is 0 Å². The van der Waals surface area contributed by atoms with Crippen LogP contribution in [-0.4, -0.2) is 16.3 Å². The Bertz CT molecular complexity index is 650. The number of hydrogen-bond acceptors (Lipinski definition) is 2. The molecule has 108 valence electrons. The summed E-state index contributed by atoms with van der Waals surface area (Å²) in [7, 11) is 0. The minimum absolute atomic E-state index is 0.336. The first kappa shape index (κ1) is 15.1. The van der Waals surface area contributed by atoms with Crippen LogP contribution < -0.4 is 0 Å². The molecule has 1 heterocycles. The van der Waals surface area contributed by atoms with E-state index in [9.17, 15) is 4.79 Å². The number of benzene rings is 1. The molecule has 0 aliphatic rings. The Morgan fingerprint density at radius 2 is 1.95 bits per heavy atom. The van der Waals surface area contributed by atoms with Gasteiger partial charge in [0, 0.05) is 16.1 Å². The summed E-state index contributed by atoms with van der Waals surface area (Å²) in [5.74, 6) is 0.343. The lowest BCUT2D eigenvalue weighted by atomic mass is 10.0. The summed E-state index contributed by atoms with van der Waals surface area (Å²) in [5.41, 5.74) is 1.53. The van der Waals surface area contributed by atoms with Crippen LogP contribution in [0, 0.1) is 0 Å². The summed E-state index contributed by atoms with van der Waals surface area (Å²) >= 11 is 3.49. The minimum atomic E-state index is -0.499. The molecule has 0 aliphatic heterocycles. The molecule has 2 aromatic rings. The Labute approximate surface area is 128 Å². The highest BCUT2D eigenvalue weighted by atomic mass is 79.9. The summed E-state index contributed by atoms with van der Waals surface area (Å²) in [6, 6.07) is 5.92. The second-order valence-electron chi connectivity index (χ2n) is 6.25. The van der Waals surface area contributed by atoms with Crippen molar-refractivity contribution < 1.29 is 9.53 Å². The van der Waals surface area contributed by atoms with E-state index in [1.807, 2.05) is 45.2 Å². The van der Waals surface area contributed by atoms with Gasteiger partial charge in [-0.15, -0.1) is 0 Å². The molecule has 20 heavy (non-hydrogen) atoms. The van der Waals surface area contributed by atoms with Crippen LogP contribution in [0.2, 0.25) is 0 Å². The Hall–Kier alpha value is -1.29.